The second-order valence-corrected chi connectivity index (χ2v) is 13.4. The molecule has 0 aromatic heterocycles. The minimum atomic E-state index is -0.180. The van der Waals surface area contributed by atoms with Crippen molar-refractivity contribution in [2.45, 2.75) is 96.9 Å². The third-order valence-electron chi connectivity index (χ3n) is 12.0. The van der Waals surface area contributed by atoms with Gasteiger partial charge in [0.2, 0.25) is 0 Å². The number of fused-ring (bicyclic) bond motifs is 8. The maximum Gasteiger partial charge on any atom is 0.338 e. The van der Waals surface area contributed by atoms with E-state index in [0.717, 1.165) is 37.5 Å². The number of rotatable bonds is 6. The molecule has 5 fully saturated rings. The summed E-state index contributed by atoms with van der Waals surface area (Å²) in [5.41, 5.74) is 1.15. The molecule has 5 heteroatoms. The second-order valence-electron chi connectivity index (χ2n) is 13.4. The Morgan fingerprint density at radius 1 is 1.08 bits per heavy atom. The fraction of sp³-hybridized carbons (Fsp3) is 0.750. The Morgan fingerprint density at radius 2 is 1.86 bits per heavy atom. The first-order valence-electron chi connectivity index (χ1n) is 14.8. The number of benzene rings is 1. The lowest BCUT2D eigenvalue weighted by atomic mass is 9.44. The van der Waals surface area contributed by atoms with Crippen LogP contribution in [0.1, 0.15) is 88.9 Å². The average Bonchev–Trinajstić information content (AvgIpc) is 3.63. The molecule has 0 spiro atoms. The van der Waals surface area contributed by atoms with Crippen LogP contribution in [0, 0.1) is 46.3 Å². The molecule has 1 aromatic carbocycles. The molecule has 1 aliphatic heterocycles. The minimum absolute atomic E-state index is 0.0265. The van der Waals surface area contributed by atoms with Crippen molar-refractivity contribution in [3.63, 3.8) is 0 Å². The van der Waals surface area contributed by atoms with E-state index in [1.54, 1.807) is 0 Å². The predicted molar refractivity (Wildman–Crippen MR) is 141 cm³/mol. The SMILES string of the molecule is COC(=O)CC[C@@H](C)[C@H]1CC[C@H]2[C@@H]3CC[C@@H]4C[C@H](OC(=O)c5ccccc5)CC[C@]4(C)[C@H]3[C@@H]3O[C@@H]3[C@]12C. The van der Waals surface area contributed by atoms with Crippen molar-refractivity contribution in [2.75, 3.05) is 7.11 Å². The lowest BCUT2D eigenvalue weighted by Crippen LogP contribution is -2.57. The number of hydrogen-bond donors (Lipinski definition) is 0. The van der Waals surface area contributed by atoms with Crippen LogP contribution >= 0.6 is 0 Å². The van der Waals surface area contributed by atoms with Gasteiger partial charge in [-0.3, -0.25) is 4.79 Å². The molecule has 37 heavy (non-hydrogen) atoms. The van der Waals surface area contributed by atoms with Crippen molar-refractivity contribution in [1.82, 2.24) is 0 Å². The van der Waals surface area contributed by atoms with Crippen LogP contribution in [0.4, 0.5) is 0 Å². The van der Waals surface area contributed by atoms with Gasteiger partial charge in [0.1, 0.15) is 6.10 Å². The number of hydrogen-bond acceptors (Lipinski definition) is 5. The largest absolute Gasteiger partial charge is 0.469 e. The summed E-state index contributed by atoms with van der Waals surface area (Å²) in [5.74, 6) is 3.54. The number of epoxide rings is 1. The van der Waals surface area contributed by atoms with Crippen LogP contribution in [0.2, 0.25) is 0 Å². The van der Waals surface area contributed by atoms with Crippen LogP contribution in [-0.2, 0) is 19.0 Å². The molecule has 0 unspecified atom stereocenters. The van der Waals surface area contributed by atoms with E-state index in [1.165, 1.54) is 32.8 Å². The Labute approximate surface area is 222 Å². The first-order valence-corrected chi connectivity index (χ1v) is 14.8. The molecular formula is C32H44O5. The Balaban J connectivity index is 1.15. The highest BCUT2D eigenvalue weighted by Gasteiger charge is 2.73. The Bertz CT molecular complexity index is 1020. The zero-order valence-corrected chi connectivity index (χ0v) is 23.0. The molecule has 1 heterocycles. The van der Waals surface area contributed by atoms with Gasteiger partial charge in [-0.25, -0.2) is 4.79 Å². The maximum atomic E-state index is 12.7. The standard InChI is InChI=1S/C32H44O5/c1-19(10-15-26(33)35-4)24-13-14-25-23-12-11-21-18-22(36-30(34)20-8-6-5-7-9-20)16-17-31(21,2)27(23)28-29(37-28)32(24,25)3/h5-9,19,21-25,27-29H,10-18H2,1-4H3/t19-,21-,22-,23+,24-,25+,27-,28+,29+,31+,32-/m1/s1. The summed E-state index contributed by atoms with van der Waals surface area (Å²) in [7, 11) is 1.49. The zero-order chi connectivity index (χ0) is 25.9. The molecule has 202 valence electrons. The normalized spacial score (nSPS) is 44.4. The third-order valence-corrected chi connectivity index (χ3v) is 12.0. The molecule has 0 amide bonds. The number of methoxy groups -OCH3 is 1. The van der Waals surface area contributed by atoms with Crippen LogP contribution < -0.4 is 0 Å². The highest BCUT2D eigenvalue weighted by molar-refractivity contribution is 5.89. The third kappa shape index (κ3) is 4.06. The van der Waals surface area contributed by atoms with E-state index in [-0.39, 0.29) is 28.9 Å². The second kappa shape index (κ2) is 9.39. The van der Waals surface area contributed by atoms with Crippen molar-refractivity contribution in [1.29, 1.82) is 0 Å². The molecule has 6 rings (SSSR count). The zero-order valence-electron chi connectivity index (χ0n) is 23.0. The fourth-order valence-electron chi connectivity index (χ4n) is 10.1. The molecule has 4 saturated carbocycles. The number of carbonyl (C=O) groups is 2. The highest BCUT2D eigenvalue weighted by atomic mass is 16.6. The predicted octanol–water partition coefficient (Wildman–Crippen LogP) is 6.45. The first kappa shape index (κ1) is 25.4. The van der Waals surface area contributed by atoms with E-state index >= 15 is 0 Å². The fourth-order valence-corrected chi connectivity index (χ4v) is 10.1. The number of esters is 2. The minimum Gasteiger partial charge on any atom is -0.469 e. The van der Waals surface area contributed by atoms with Crippen LogP contribution in [0.5, 0.6) is 0 Å². The molecule has 5 aliphatic rings. The summed E-state index contributed by atoms with van der Waals surface area (Å²) in [6, 6.07) is 9.40. The first-order chi connectivity index (χ1) is 17.8. The molecule has 1 saturated heterocycles. The quantitative estimate of drug-likeness (QED) is 0.326. The van der Waals surface area contributed by atoms with Crippen molar-refractivity contribution in [2.24, 2.45) is 46.3 Å². The lowest BCUT2D eigenvalue weighted by Gasteiger charge is -2.59. The monoisotopic (exact) mass is 508 g/mol. The van der Waals surface area contributed by atoms with E-state index in [2.05, 4.69) is 20.8 Å². The van der Waals surface area contributed by atoms with E-state index < -0.39 is 0 Å². The van der Waals surface area contributed by atoms with Crippen molar-refractivity contribution in [3.8, 4) is 0 Å². The van der Waals surface area contributed by atoms with Crippen LogP contribution in [0.3, 0.4) is 0 Å². The molecular weight excluding hydrogens is 464 g/mol. The van der Waals surface area contributed by atoms with Gasteiger partial charge in [0, 0.05) is 11.8 Å². The van der Waals surface area contributed by atoms with E-state index in [1.807, 2.05) is 30.3 Å². The summed E-state index contributed by atoms with van der Waals surface area (Å²) in [4.78, 5) is 24.5. The summed E-state index contributed by atoms with van der Waals surface area (Å²) in [6.45, 7) is 7.41. The van der Waals surface area contributed by atoms with Gasteiger partial charge in [-0.15, -0.1) is 0 Å². The smallest absolute Gasteiger partial charge is 0.338 e. The molecule has 11 atom stereocenters. The topological polar surface area (TPSA) is 65.1 Å². The van der Waals surface area contributed by atoms with Crippen molar-refractivity contribution < 1.29 is 23.8 Å². The Hall–Kier alpha value is -1.88. The Kier molecular flexibility index (Phi) is 6.45. The maximum absolute atomic E-state index is 12.7. The molecule has 0 radical (unpaired) electrons. The van der Waals surface area contributed by atoms with Crippen LogP contribution in [-0.4, -0.2) is 37.4 Å². The van der Waals surface area contributed by atoms with E-state index in [0.29, 0.717) is 47.9 Å². The summed E-state index contributed by atoms with van der Waals surface area (Å²) >= 11 is 0. The summed E-state index contributed by atoms with van der Waals surface area (Å²) in [5, 5.41) is 0. The van der Waals surface area contributed by atoms with Crippen LogP contribution in [0.25, 0.3) is 0 Å². The Morgan fingerprint density at radius 3 is 2.62 bits per heavy atom. The number of carbonyl (C=O) groups excluding carboxylic acids is 2. The van der Waals surface area contributed by atoms with Gasteiger partial charge in [-0.2, -0.15) is 0 Å². The highest BCUT2D eigenvalue weighted by Crippen LogP contribution is 2.73. The molecule has 5 nitrogen and oxygen atoms in total. The molecule has 4 aliphatic carbocycles. The van der Waals surface area contributed by atoms with E-state index in [4.69, 9.17) is 14.2 Å². The lowest BCUT2D eigenvalue weighted by molar-refractivity contribution is -0.141. The molecule has 0 bridgehead atoms. The van der Waals surface area contributed by atoms with Crippen molar-refractivity contribution in [3.05, 3.63) is 35.9 Å². The summed E-state index contributed by atoms with van der Waals surface area (Å²) < 4.78 is 17.6. The van der Waals surface area contributed by atoms with Gasteiger partial charge in [0.25, 0.3) is 0 Å². The van der Waals surface area contributed by atoms with Gasteiger partial charge in [-0.05, 0) is 104 Å². The van der Waals surface area contributed by atoms with Crippen LogP contribution in [0.15, 0.2) is 30.3 Å². The van der Waals surface area contributed by atoms with Gasteiger partial charge in [-0.1, -0.05) is 39.0 Å². The number of ether oxygens (including phenoxy) is 3. The van der Waals surface area contributed by atoms with Gasteiger partial charge >= 0.3 is 11.9 Å². The van der Waals surface area contributed by atoms with E-state index in [9.17, 15) is 9.59 Å². The van der Waals surface area contributed by atoms with Crippen molar-refractivity contribution >= 4 is 11.9 Å². The average molecular weight is 509 g/mol. The van der Waals surface area contributed by atoms with Gasteiger partial charge in [0.15, 0.2) is 0 Å². The summed E-state index contributed by atoms with van der Waals surface area (Å²) in [6.07, 6.45) is 10.4. The molecule has 1 aromatic rings. The van der Waals surface area contributed by atoms with Gasteiger partial charge in [0.05, 0.1) is 24.9 Å². The molecule has 0 N–H and O–H groups in total. The van der Waals surface area contributed by atoms with Gasteiger partial charge < -0.3 is 14.2 Å².